The Labute approximate surface area is 109 Å². The average molecular weight is 293 g/mol. The molecule has 88 valence electrons. The van der Waals surface area contributed by atoms with E-state index in [1.807, 2.05) is 45.0 Å². The third-order valence-electron chi connectivity index (χ3n) is 2.30. The number of hydrogen-bond donors (Lipinski definition) is 0. The maximum atomic E-state index is 5.63. The largest absolute Gasteiger partial charge is 0.424 e. The van der Waals surface area contributed by atoms with Crippen LogP contribution >= 0.6 is 15.9 Å². The summed E-state index contributed by atoms with van der Waals surface area (Å²) in [6.07, 6.45) is 0. The highest BCUT2D eigenvalue weighted by molar-refractivity contribution is 9.10. The van der Waals surface area contributed by atoms with Crippen molar-refractivity contribution in [2.24, 2.45) is 0 Å². The molecule has 2 aromatic rings. The standard InChI is InChI=1S/C13H13BrN2O/c1-8-6-11(4-5-12(8)14)17-13-15-9(2)7-10(3)16-13/h4-7H,1-3H3. The Morgan fingerprint density at radius 1 is 1.00 bits per heavy atom. The van der Waals surface area contributed by atoms with Gasteiger partial charge < -0.3 is 4.74 Å². The highest BCUT2D eigenvalue weighted by Crippen LogP contribution is 2.24. The van der Waals surface area contributed by atoms with E-state index in [0.29, 0.717) is 6.01 Å². The second kappa shape index (κ2) is 4.84. The van der Waals surface area contributed by atoms with Crippen molar-refractivity contribution in [1.82, 2.24) is 9.97 Å². The van der Waals surface area contributed by atoms with Crippen LogP contribution in [0.25, 0.3) is 0 Å². The van der Waals surface area contributed by atoms with Crippen LogP contribution in [0.4, 0.5) is 0 Å². The fourth-order valence-electron chi connectivity index (χ4n) is 1.53. The van der Waals surface area contributed by atoms with Gasteiger partial charge in [-0.15, -0.1) is 0 Å². The van der Waals surface area contributed by atoms with E-state index in [-0.39, 0.29) is 0 Å². The van der Waals surface area contributed by atoms with Gasteiger partial charge in [-0.05, 0) is 50.6 Å². The molecule has 0 aliphatic heterocycles. The zero-order valence-corrected chi connectivity index (χ0v) is 11.6. The van der Waals surface area contributed by atoms with Crippen LogP contribution in [-0.2, 0) is 0 Å². The minimum atomic E-state index is 0.393. The second-order valence-electron chi connectivity index (χ2n) is 3.95. The summed E-state index contributed by atoms with van der Waals surface area (Å²) in [6.45, 7) is 5.86. The lowest BCUT2D eigenvalue weighted by Crippen LogP contribution is -1.96. The van der Waals surface area contributed by atoms with Crippen LogP contribution in [-0.4, -0.2) is 9.97 Å². The average Bonchev–Trinajstić information content (AvgIpc) is 2.22. The molecule has 4 heteroatoms. The van der Waals surface area contributed by atoms with Crippen molar-refractivity contribution in [2.75, 3.05) is 0 Å². The van der Waals surface area contributed by atoms with E-state index in [4.69, 9.17) is 4.74 Å². The summed E-state index contributed by atoms with van der Waals surface area (Å²) in [5, 5.41) is 0. The van der Waals surface area contributed by atoms with E-state index in [2.05, 4.69) is 25.9 Å². The van der Waals surface area contributed by atoms with E-state index in [0.717, 1.165) is 27.2 Å². The zero-order valence-electron chi connectivity index (χ0n) is 9.99. The summed E-state index contributed by atoms with van der Waals surface area (Å²) < 4.78 is 6.69. The van der Waals surface area contributed by atoms with Gasteiger partial charge in [0, 0.05) is 15.9 Å². The Bertz CT molecular complexity index is 535. The van der Waals surface area contributed by atoms with Crippen molar-refractivity contribution in [3.63, 3.8) is 0 Å². The van der Waals surface area contributed by atoms with Crippen LogP contribution in [0.1, 0.15) is 17.0 Å². The minimum absolute atomic E-state index is 0.393. The molecule has 0 saturated carbocycles. The maximum Gasteiger partial charge on any atom is 0.322 e. The highest BCUT2D eigenvalue weighted by Gasteiger charge is 2.04. The third kappa shape index (κ3) is 3.03. The first kappa shape index (κ1) is 12.0. The lowest BCUT2D eigenvalue weighted by atomic mass is 10.2. The number of ether oxygens (including phenoxy) is 1. The van der Waals surface area contributed by atoms with Crippen molar-refractivity contribution in [3.05, 3.63) is 45.7 Å². The molecule has 1 aromatic heterocycles. The third-order valence-corrected chi connectivity index (χ3v) is 3.19. The molecule has 2 rings (SSSR count). The summed E-state index contributed by atoms with van der Waals surface area (Å²) in [7, 11) is 0. The molecule has 0 fully saturated rings. The smallest absolute Gasteiger partial charge is 0.322 e. The van der Waals surface area contributed by atoms with Crippen molar-refractivity contribution in [2.45, 2.75) is 20.8 Å². The van der Waals surface area contributed by atoms with Crippen LogP contribution in [0.3, 0.4) is 0 Å². The van der Waals surface area contributed by atoms with Gasteiger partial charge in [0.05, 0.1) is 0 Å². The van der Waals surface area contributed by atoms with Gasteiger partial charge in [0.25, 0.3) is 0 Å². The first-order valence-electron chi connectivity index (χ1n) is 5.31. The Kier molecular flexibility index (Phi) is 3.43. The quantitative estimate of drug-likeness (QED) is 0.840. The lowest BCUT2D eigenvalue weighted by Gasteiger charge is -2.06. The summed E-state index contributed by atoms with van der Waals surface area (Å²) >= 11 is 3.45. The van der Waals surface area contributed by atoms with Crippen molar-refractivity contribution in [1.29, 1.82) is 0 Å². The van der Waals surface area contributed by atoms with E-state index >= 15 is 0 Å². The fraction of sp³-hybridized carbons (Fsp3) is 0.231. The number of hydrogen-bond acceptors (Lipinski definition) is 3. The number of rotatable bonds is 2. The molecular weight excluding hydrogens is 280 g/mol. The predicted octanol–water partition coefficient (Wildman–Crippen LogP) is 3.96. The van der Waals surface area contributed by atoms with Crippen molar-refractivity contribution >= 4 is 15.9 Å². The molecule has 0 spiro atoms. The summed E-state index contributed by atoms with van der Waals surface area (Å²) in [5.41, 5.74) is 2.93. The van der Waals surface area contributed by atoms with Crippen molar-refractivity contribution < 1.29 is 4.74 Å². The number of nitrogens with zero attached hydrogens (tertiary/aromatic N) is 2. The normalized spacial score (nSPS) is 10.4. The fourth-order valence-corrected chi connectivity index (χ4v) is 1.77. The van der Waals surface area contributed by atoms with E-state index in [1.54, 1.807) is 0 Å². The Morgan fingerprint density at radius 2 is 1.65 bits per heavy atom. The van der Waals surface area contributed by atoms with Crippen LogP contribution in [0.2, 0.25) is 0 Å². The molecule has 0 N–H and O–H groups in total. The Hall–Kier alpha value is -1.42. The molecule has 0 saturated heterocycles. The lowest BCUT2D eigenvalue weighted by molar-refractivity contribution is 0.438. The zero-order chi connectivity index (χ0) is 12.4. The molecule has 0 unspecified atom stereocenters. The molecule has 0 radical (unpaired) electrons. The van der Waals surface area contributed by atoms with Gasteiger partial charge >= 0.3 is 6.01 Å². The topological polar surface area (TPSA) is 35.0 Å². The monoisotopic (exact) mass is 292 g/mol. The molecule has 0 amide bonds. The van der Waals surface area contributed by atoms with Gasteiger partial charge in [0.1, 0.15) is 5.75 Å². The molecule has 0 bridgehead atoms. The number of halogens is 1. The van der Waals surface area contributed by atoms with Crippen molar-refractivity contribution in [3.8, 4) is 11.8 Å². The second-order valence-corrected chi connectivity index (χ2v) is 4.80. The number of aromatic nitrogens is 2. The first-order chi connectivity index (χ1) is 8.04. The van der Waals surface area contributed by atoms with Crippen LogP contribution in [0.5, 0.6) is 11.8 Å². The van der Waals surface area contributed by atoms with Crippen LogP contribution < -0.4 is 4.74 Å². The Balaban J connectivity index is 2.28. The van der Waals surface area contributed by atoms with Gasteiger partial charge in [-0.3, -0.25) is 0 Å². The van der Waals surface area contributed by atoms with Gasteiger partial charge in [-0.25, -0.2) is 9.97 Å². The predicted molar refractivity (Wildman–Crippen MR) is 70.5 cm³/mol. The highest BCUT2D eigenvalue weighted by atomic mass is 79.9. The number of aryl methyl sites for hydroxylation is 3. The molecular formula is C13H13BrN2O. The maximum absolute atomic E-state index is 5.63. The van der Waals surface area contributed by atoms with Gasteiger partial charge in [-0.2, -0.15) is 0 Å². The van der Waals surface area contributed by atoms with Gasteiger partial charge in [0.15, 0.2) is 0 Å². The van der Waals surface area contributed by atoms with Crippen LogP contribution in [0.15, 0.2) is 28.7 Å². The number of benzene rings is 1. The van der Waals surface area contributed by atoms with E-state index in [1.165, 1.54) is 0 Å². The van der Waals surface area contributed by atoms with Gasteiger partial charge in [-0.1, -0.05) is 15.9 Å². The van der Waals surface area contributed by atoms with E-state index in [9.17, 15) is 0 Å². The first-order valence-corrected chi connectivity index (χ1v) is 6.10. The molecule has 0 aliphatic rings. The minimum Gasteiger partial charge on any atom is -0.424 e. The van der Waals surface area contributed by atoms with E-state index < -0.39 is 0 Å². The molecule has 1 heterocycles. The molecule has 1 aromatic carbocycles. The van der Waals surface area contributed by atoms with Gasteiger partial charge in [0.2, 0.25) is 0 Å². The summed E-state index contributed by atoms with van der Waals surface area (Å²) in [6, 6.07) is 8.10. The Morgan fingerprint density at radius 3 is 2.24 bits per heavy atom. The molecule has 0 aliphatic carbocycles. The SMILES string of the molecule is Cc1cc(C)nc(Oc2ccc(Br)c(C)c2)n1. The summed E-state index contributed by atoms with van der Waals surface area (Å²) in [5.74, 6) is 0.746. The van der Waals surface area contributed by atoms with Crippen LogP contribution in [0, 0.1) is 20.8 Å². The molecule has 0 atom stereocenters. The molecule has 17 heavy (non-hydrogen) atoms. The summed E-state index contributed by atoms with van der Waals surface area (Å²) in [4.78, 5) is 8.47. The molecule has 3 nitrogen and oxygen atoms in total.